The van der Waals surface area contributed by atoms with Gasteiger partial charge in [-0.3, -0.25) is 15.0 Å². The van der Waals surface area contributed by atoms with E-state index in [0.29, 0.717) is 22.1 Å². The summed E-state index contributed by atoms with van der Waals surface area (Å²) in [5.41, 5.74) is -1.12. The van der Waals surface area contributed by atoms with Crippen LogP contribution in [0.5, 0.6) is 5.75 Å². The van der Waals surface area contributed by atoms with Crippen molar-refractivity contribution in [2.24, 2.45) is 0 Å². The van der Waals surface area contributed by atoms with Crippen LogP contribution < -0.4 is 4.74 Å². The Bertz CT molecular complexity index is 1480. The second-order valence-electron chi connectivity index (χ2n) is 8.20. The predicted molar refractivity (Wildman–Crippen MR) is 130 cm³/mol. The van der Waals surface area contributed by atoms with Gasteiger partial charge in [0, 0.05) is 41.3 Å². The molecule has 35 heavy (non-hydrogen) atoms. The minimum atomic E-state index is -2.10. The van der Waals surface area contributed by atoms with Crippen molar-refractivity contribution in [1.29, 1.82) is 0 Å². The lowest BCUT2D eigenvalue weighted by Gasteiger charge is -2.35. The van der Waals surface area contributed by atoms with E-state index in [9.17, 15) is 19.6 Å². The van der Waals surface area contributed by atoms with Crippen molar-refractivity contribution in [3.05, 3.63) is 109 Å². The van der Waals surface area contributed by atoms with E-state index in [-0.39, 0.29) is 40.1 Å². The Balaban J connectivity index is 1.79. The Hall–Kier alpha value is -3.30. The van der Waals surface area contributed by atoms with Gasteiger partial charge in [-0.2, -0.15) is 0 Å². The fourth-order valence-electron chi connectivity index (χ4n) is 4.70. The van der Waals surface area contributed by atoms with Gasteiger partial charge in [-0.25, -0.2) is 9.37 Å². The summed E-state index contributed by atoms with van der Waals surface area (Å²) >= 11 is 12.7. The monoisotopic (exact) mass is 513 g/mol. The quantitative estimate of drug-likeness (QED) is 0.206. The zero-order valence-corrected chi connectivity index (χ0v) is 19.8. The normalized spacial score (nSPS) is 17.5. The topological polar surface area (TPSA) is 88.7 Å². The van der Waals surface area contributed by atoms with E-state index in [1.165, 1.54) is 24.4 Å². The number of aromatic nitrogens is 1. The SMILES string of the molecule is COc1ccc(CN2Cc3c(c([N+](=O)[O-])cc4c(Cl)nccc34)C2(O)c2cc(F)ccc2Cl)cc1. The largest absolute Gasteiger partial charge is 0.497 e. The first-order valence-electron chi connectivity index (χ1n) is 10.5. The van der Waals surface area contributed by atoms with Crippen LogP contribution in [-0.2, 0) is 18.8 Å². The first kappa shape index (κ1) is 23.4. The number of aliphatic hydroxyl groups is 1. The number of benzene rings is 3. The predicted octanol–water partition coefficient (Wildman–Crippen LogP) is 5.81. The van der Waals surface area contributed by atoms with E-state index in [1.807, 2.05) is 12.1 Å². The second-order valence-corrected chi connectivity index (χ2v) is 8.97. The maximum absolute atomic E-state index is 14.4. The van der Waals surface area contributed by atoms with Gasteiger partial charge < -0.3 is 9.84 Å². The van der Waals surface area contributed by atoms with Crippen molar-refractivity contribution in [2.45, 2.75) is 18.8 Å². The third-order valence-corrected chi connectivity index (χ3v) is 6.92. The molecule has 1 N–H and O–H groups in total. The molecular formula is C25H18Cl2FN3O4. The number of hydrogen-bond acceptors (Lipinski definition) is 6. The first-order chi connectivity index (χ1) is 16.7. The summed E-state index contributed by atoms with van der Waals surface area (Å²) in [4.78, 5) is 17.3. The van der Waals surface area contributed by atoms with Crippen LogP contribution in [0.1, 0.15) is 22.3 Å². The molecule has 0 spiro atoms. The van der Waals surface area contributed by atoms with Gasteiger partial charge >= 0.3 is 0 Å². The van der Waals surface area contributed by atoms with E-state index in [2.05, 4.69) is 4.98 Å². The number of hydrogen-bond donors (Lipinski definition) is 1. The van der Waals surface area contributed by atoms with Crippen molar-refractivity contribution in [1.82, 2.24) is 9.88 Å². The lowest BCUT2D eigenvalue weighted by Crippen LogP contribution is -2.42. The molecule has 3 aromatic carbocycles. The van der Waals surface area contributed by atoms with Crippen molar-refractivity contribution >= 4 is 39.7 Å². The van der Waals surface area contributed by atoms with Gasteiger partial charge in [0.15, 0.2) is 5.72 Å². The van der Waals surface area contributed by atoms with Crippen molar-refractivity contribution in [2.75, 3.05) is 7.11 Å². The minimum Gasteiger partial charge on any atom is -0.497 e. The molecule has 0 saturated carbocycles. The Kier molecular flexibility index (Phi) is 5.85. The molecule has 0 bridgehead atoms. The second kappa shape index (κ2) is 8.73. The number of pyridine rings is 1. The smallest absolute Gasteiger partial charge is 0.278 e. The molecule has 0 radical (unpaired) electrons. The van der Waals surface area contributed by atoms with Gasteiger partial charge in [-0.1, -0.05) is 35.3 Å². The van der Waals surface area contributed by atoms with Crippen molar-refractivity contribution in [3.8, 4) is 5.75 Å². The summed E-state index contributed by atoms with van der Waals surface area (Å²) in [5.74, 6) is 0.0250. The molecule has 0 saturated heterocycles. The van der Waals surface area contributed by atoms with Crippen LogP contribution in [0.4, 0.5) is 10.1 Å². The molecule has 10 heteroatoms. The molecule has 178 valence electrons. The molecule has 4 aromatic rings. The number of nitro groups is 1. The third-order valence-electron chi connectivity index (χ3n) is 6.29. The molecular weight excluding hydrogens is 496 g/mol. The fourth-order valence-corrected chi connectivity index (χ4v) is 5.16. The van der Waals surface area contributed by atoms with Gasteiger partial charge in [-0.05, 0) is 52.9 Å². The number of methoxy groups -OCH3 is 1. The zero-order valence-electron chi connectivity index (χ0n) is 18.3. The number of ether oxygens (including phenoxy) is 1. The van der Waals surface area contributed by atoms with E-state index in [0.717, 1.165) is 11.6 Å². The van der Waals surface area contributed by atoms with Gasteiger partial charge in [0.05, 0.1) is 17.6 Å². The van der Waals surface area contributed by atoms with Crippen LogP contribution in [0.15, 0.2) is 60.8 Å². The Morgan fingerprint density at radius 1 is 1.17 bits per heavy atom. The minimum absolute atomic E-state index is 0.00836. The summed E-state index contributed by atoms with van der Waals surface area (Å²) in [5, 5.41) is 25.7. The fraction of sp³-hybridized carbons (Fsp3) is 0.160. The zero-order chi connectivity index (χ0) is 24.9. The maximum atomic E-state index is 14.4. The summed E-state index contributed by atoms with van der Waals surface area (Å²) in [6, 6.07) is 13.8. The number of nitrogens with zero attached hydrogens (tertiary/aromatic N) is 3. The molecule has 2 heterocycles. The van der Waals surface area contributed by atoms with Crippen molar-refractivity contribution in [3.63, 3.8) is 0 Å². The Morgan fingerprint density at radius 3 is 2.60 bits per heavy atom. The van der Waals surface area contributed by atoms with Crippen LogP contribution in [0.25, 0.3) is 10.8 Å². The first-order valence-corrected chi connectivity index (χ1v) is 11.3. The van der Waals surface area contributed by atoms with Gasteiger partial charge in [0.2, 0.25) is 0 Å². The number of rotatable bonds is 5. The number of nitro benzene ring substituents is 1. The van der Waals surface area contributed by atoms with Gasteiger partial charge in [-0.15, -0.1) is 0 Å². The Labute approximate surface area is 209 Å². The standard InChI is InChI=1S/C25H18Cl2FN3O4/c1-35-16-5-2-14(3-6-16)12-30-13-19-17-8-9-29-24(27)18(17)11-22(31(33)34)23(19)25(30,32)20-10-15(28)4-7-21(20)26/h2-11,32H,12-13H2,1H3. The summed E-state index contributed by atoms with van der Waals surface area (Å²) in [6.45, 7) is 0.294. The molecule has 0 fully saturated rings. The van der Waals surface area contributed by atoms with Crippen LogP contribution in [0.3, 0.4) is 0 Å². The van der Waals surface area contributed by atoms with E-state index in [4.69, 9.17) is 27.9 Å². The van der Waals surface area contributed by atoms with Crippen LogP contribution in [0, 0.1) is 15.9 Å². The van der Waals surface area contributed by atoms with Crippen molar-refractivity contribution < 1.29 is 19.2 Å². The average molecular weight is 514 g/mol. The molecule has 0 aliphatic carbocycles. The van der Waals surface area contributed by atoms with Crippen LogP contribution >= 0.6 is 23.2 Å². The summed E-state index contributed by atoms with van der Waals surface area (Å²) in [7, 11) is 1.56. The van der Waals surface area contributed by atoms with Gasteiger partial charge in [0.25, 0.3) is 5.69 Å². The molecule has 1 atom stereocenters. The van der Waals surface area contributed by atoms with E-state index < -0.39 is 16.5 Å². The molecule has 5 rings (SSSR count). The van der Waals surface area contributed by atoms with E-state index in [1.54, 1.807) is 30.2 Å². The number of halogens is 3. The molecule has 1 aliphatic heterocycles. The summed E-state index contributed by atoms with van der Waals surface area (Å²) in [6.07, 6.45) is 1.50. The molecule has 0 amide bonds. The lowest BCUT2D eigenvalue weighted by molar-refractivity contribution is -0.386. The van der Waals surface area contributed by atoms with Crippen LogP contribution in [0.2, 0.25) is 10.2 Å². The molecule has 1 aliphatic rings. The Morgan fingerprint density at radius 2 is 1.91 bits per heavy atom. The van der Waals surface area contributed by atoms with Crippen LogP contribution in [-0.4, -0.2) is 27.0 Å². The molecule has 1 unspecified atom stereocenters. The molecule has 1 aromatic heterocycles. The average Bonchev–Trinajstić information content (AvgIpc) is 3.14. The third kappa shape index (κ3) is 3.79. The maximum Gasteiger partial charge on any atom is 0.278 e. The highest BCUT2D eigenvalue weighted by molar-refractivity contribution is 6.34. The number of fused-ring (bicyclic) bond motifs is 3. The lowest BCUT2D eigenvalue weighted by atomic mass is 9.89. The van der Waals surface area contributed by atoms with E-state index >= 15 is 0 Å². The molecule has 7 nitrogen and oxygen atoms in total. The van der Waals surface area contributed by atoms with Gasteiger partial charge in [0.1, 0.15) is 16.7 Å². The summed E-state index contributed by atoms with van der Waals surface area (Å²) < 4.78 is 19.6. The highest BCUT2D eigenvalue weighted by Crippen LogP contribution is 2.51. The highest BCUT2D eigenvalue weighted by Gasteiger charge is 2.51. The highest BCUT2D eigenvalue weighted by atomic mass is 35.5.